The van der Waals surface area contributed by atoms with Crippen molar-refractivity contribution in [3.63, 3.8) is 0 Å². The maximum atomic E-state index is 12.6. The summed E-state index contributed by atoms with van der Waals surface area (Å²) in [5.74, 6) is 1.67. The molecular weight excluding hydrogens is 422 g/mol. The first-order valence-electron chi connectivity index (χ1n) is 10.8. The number of rotatable bonds is 8. The summed E-state index contributed by atoms with van der Waals surface area (Å²) in [6, 6.07) is 17.5. The van der Waals surface area contributed by atoms with Gasteiger partial charge in [-0.15, -0.1) is 0 Å². The number of nitrogens with one attached hydrogen (secondary N) is 2. The highest BCUT2D eigenvalue weighted by Gasteiger charge is 2.25. The minimum atomic E-state index is -0.369. The summed E-state index contributed by atoms with van der Waals surface area (Å²) in [6.45, 7) is 1.98. The van der Waals surface area contributed by atoms with Crippen molar-refractivity contribution in [1.82, 2.24) is 15.2 Å². The Morgan fingerprint density at radius 3 is 2.67 bits per heavy atom. The van der Waals surface area contributed by atoms with Crippen molar-refractivity contribution in [2.75, 3.05) is 40.4 Å². The van der Waals surface area contributed by atoms with E-state index in [4.69, 9.17) is 14.2 Å². The maximum Gasteiger partial charge on any atom is 0.251 e. The summed E-state index contributed by atoms with van der Waals surface area (Å²) in [6.07, 6.45) is -0.369. The van der Waals surface area contributed by atoms with Crippen LogP contribution in [0.3, 0.4) is 0 Å². The van der Waals surface area contributed by atoms with Crippen LogP contribution in [-0.2, 0) is 0 Å². The standard InChI is InChI=1S/C25H27N3O5/c1-28(2)13-14-31-18-11-9-17(10-12-18)25(30)26-15-19-16-32-22-7-3-5-20(24(22)33-19)21-6-4-8-23(29)27-21/h3-12,19H,13-16H2,1-2H3,(H,26,30)(H,27,29). The molecule has 2 N–H and O–H groups in total. The van der Waals surface area contributed by atoms with Gasteiger partial charge >= 0.3 is 0 Å². The molecule has 8 heteroatoms. The molecule has 0 aliphatic carbocycles. The van der Waals surface area contributed by atoms with E-state index in [1.165, 1.54) is 6.07 Å². The molecule has 1 aromatic heterocycles. The lowest BCUT2D eigenvalue weighted by molar-refractivity contribution is 0.0793. The average Bonchev–Trinajstić information content (AvgIpc) is 2.82. The third-order valence-electron chi connectivity index (χ3n) is 5.16. The number of para-hydroxylation sites is 1. The van der Waals surface area contributed by atoms with E-state index in [-0.39, 0.29) is 24.1 Å². The molecule has 2 heterocycles. The lowest BCUT2D eigenvalue weighted by atomic mass is 10.1. The summed E-state index contributed by atoms with van der Waals surface area (Å²) in [7, 11) is 3.97. The summed E-state index contributed by atoms with van der Waals surface area (Å²) in [5, 5.41) is 2.90. The van der Waals surface area contributed by atoms with Crippen molar-refractivity contribution in [2.24, 2.45) is 0 Å². The zero-order chi connectivity index (χ0) is 23.2. The predicted octanol–water partition coefficient (Wildman–Crippen LogP) is 2.55. The van der Waals surface area contributed by atoms with Crippen molar-refractivity contribution in [3.05, 3.63) is 76.6 Å². The van der Waals surface area contributed by atoms with E-state index in [0.29, 0.717) is 36.0 Å². The number of carbonyl (C=O) groups is 1. The fourth-order valence-electron chi connectivity index (χ4n) is 3.41. The van der Waals surface area contributed by atoms with Crippen molar-refractivity contribution in [2.45, 2.75) is 6.10 Å². The van der Waals surface area contributed by atoms with Gasteiger partial charge in [-0.05, 0) is 56.6 Å². The fourth-order valence-corrected chi connectivity index (χ4v) is 3.41. The van der Waals surface area contributed by atoms with Crippen LogP contribution < -0.4 is 25.1 Å². The molecule has 4 rings (SSSR count). The molecule has 0 saturated heterocycles. The number of benzene rings is 2. The zero-order valence-corrected chi connectivity index (χ0v) is 18.7. The van der Waals surface area contributed by atoms with E-state index < -0.39 is 0 Å². The first-order chi connectivity index (χ1) is 16.0. The highest BCUT2D eigenvalue weighted by molar-refractivity contribution is 5.94. The summed E-state index contributed by atoms with van der Waals surface area (Å²) in [4.78, 5) is 29.2. The van der Waals surface area contributed by atoms with Gasteiger partial charge in [0.2, 0.25) is 5.56 Å². The van der Waals surface area contributed by atoms with Gasteiger partial charge in [0.15, 0.2) is 11.5 Å². The number of H-pyrrole nitrogens is 1. The van der Waals surface area contributed by atoms with Crippen molar-refractivity contribution < 1.29 is 19.0 Å². The molecule has 0 radical (unpaired) electrons. The van der Waals surface area contributed by atoms with Crippen molar-refractivity contribution in [3.8, 4) is 28.5 Å². The molecule has 3 aromatic rings. The van der Waals surface area contributed by atoms with Gasteiger partial charge in [-0.25, -0.2) is 0 Å². The SMILES string of the molecule is CN(C)CCOc1ccc(C(=O)NCC2COc3cccc(-c4cccc(=O)[nH]4)c3O2)cc1. The first kappa shape index (κ1) is 22.4. The first-order valence-corrected chi connectivity index (χ1v) is 10.8. The Morgan fingerprint density at radius 2 is 1.91 bits per heavy atom. The van der Waals surface area contributed by atoms with Crippen LogP contribution in [0, 0.1) is 0 Å². The molecule has 8 nitrogen and oxygen atoms in total. The number of aromatic nitrogens is 1. The molecule has 1 unspecified atom stereocenters. The van der Waals surface area contributed by atoms with Gasteiger partial charge in [0.1, 0.15) is 25.1 Å². The van der Waals surface area contributed by atoms with Gasteiger partial charge in [0.25, 0.3) is 5.91 Å². The van der Waals surface area contributed by atoms with E-state index >= 15 is 0 Å². The van der Waals surface area contributed by atoms with Crippen LogP contribution in [-0.4, -0.2) is 62.3 Å². The quantitative estimate of drug-likeness (QED) is 0.549. The minimum Gasteiger partial charge on any atom is -0.492 e. The van der Waals surface area contributed by atoms with E-state index in [0.717, 1.165) is 17.9 Å². The second-order valence-electron chi connectivity index (χ2n) is 8.00. The van der Waals surface area contributed by atoms with Crippen LogP contribution in [0.1, 0.15) is 10.4 Å². The summed E-state index contributed by atoms with van der Waals surface area (Å²) in [5.41, 5.74) is 1.71. The molecule has 1 atom stereocenters. The van der Waals surface area contributed by atoms with Crippen LogP contribution >= 0.6 is 0 Å². The minimum absolute atomic E-state index is 0.195. The highest BCUT2D eigenvalue weighted by atomic mass is 16.6. The number of nitrogens with zero attached hydrogens (tertiary/aromatic N) is 1. The van der Waals surface area contributed by atoms with Crippen molar-refractivity contribution in [1.29, 1.82) is 0 Å². The number of fused-ring (bicyclic) bond motifs is 1. The number of carbonyl (C=O) groups excluding carboxylic acids is 1. The molecule has 0 fully saturated rings. The average molecular weight is 450 g/mol. The Bertz CT molecular complexity index is 1160. The molecule has 1 amide bonds. The smallest absolute Gasteiger partial charge is 0.251 e. The molecule has 0 spiro atoms. The number of aromatic amines is 1. The van der Waals surface area contributed by atoms with Gasteiger partial charge in [0, 0.05) is 23.7 Å². The lowest BCUT2D eigenvalue weighted by Crippen LogP contribution is -2.40. The Kier molecular flexibility index (Phi) is 6.95. The Balaban J connectivity index is 1.36. The van der Waals surface area contributed by atoms with Crippen LogP contribution in [0.4, 0.5) is 0 Å². The largest absolute Gasteiger partial charge is 0.492 e. The van der Waals surface area contributed by atoms with E-state index in [1.807, 2.05) is 37.2 Å². The van der Waals surface area contributed by atoms with Gasteiger partial charge in [-0.1, -0.05) is 12.1 Å². The summed E-state index contributed by atoms with van der Waals surface area (Å²) < 4.78 is 17.7. The number of hydrogen-bond acceptors (Lipinski definition) is 6. The Labute approximate surface area is 192 Å². The predicted molar refractivity (Wildman–Crippen MR) is 125 cm³/mol. The van der Waals surface area contributed by atoms with E-state index in [9.17, 15) is 9.59 Å². The number of amides is 1. The topological polar surface area (TPSA) is 92.9 Å². The fraction of sp³-hybridized carbons (Fsp3) is 0.280. The normalized spacial score (nSPS) is 14.7. The Morgan fingerprint density at radius 1 is 1.12 bits per heavy atom. The molecule has 1 aliphatic heterocycles. The molecule has 33 heavy (non-hydrogen) atoms. The highest BCUT2D eigenvalue weighted by Crippen LogP contribution is 2.39. The molecule has 2 aromatic carbocycles. The Hall–Kier alpha value is -3.78. The van der Waals surface area contributed by atoms with Gasteiger partial charge < -0.3 is 29.4 Å². The zero-order valence-electron chi connectivity index (χ0n) is 18.7. The van der Waals surface area contributed by atoms with Crippen molar-refractivity contribution >= 4 is 5.91 Å². The van der Waals surface area contributed by atoms with Crippen LogP contribution in [0.15, 0.2) is 65.5 Å². The lowest BCUT2D eigenvalue weighted by Gasteiger charge is -2.28. The van der Waals surface area contributed by atoms with Crippen LogP contribution in [0.25, 0.3) is 11.3 Å². The van der Waals surface area contributed by atoms with E-state index in [1.54, 1.807) is 36.4 Å². The number of hydrogen-bond donors (Lipinski definition) is 2. The number of pyridine rings is 1. The second-order valence-corrected chi connectivity index (χ2v) is 8.00. The third kappa shape index (κ3) is 5.72. The second kappa shape index (κ2) is 10.2. The van der Waals surface area contributed by atoms with Gasteiger partial charge in [-0.2, -0.15) is 0 Å². The molecule has 0 saturated carbocycles. The van der Waals surface area contributed by atoms with E-state index in [2.05, 4.69) is 10.3 Å². The number of ether oxygens (including phenoxy) is 3. The summed E-state index contributed by atoms with van der Waals surface area (Å²) >= 11 is 0. The van der Waals surface area contributed by atoms with Crippen LogP contribution in [0.5, 0.6) is 17.2 Å². The monoisotopic (exact) mass is 449 g/mol. The third-order valence-corrected chi connectivity index (χ3v) is 5.16. The maximum absolute atomic E-state index is 12.6. The van der Waals surface area contributed by atoms with Gasteiger partial charge in [0.05, 0.1) is 12.2 Å². The molecule has 172 valence electrons. The molecule has 1 aliphatic rings. The van der Waals surface area contributed by atoms with Crippen LogP contribution in [0.2, 0.25) is 0 Å². The van der Waals surface area contributed by atoms with Gasteiger partial charge in [-0.3, -0.25) is 9.59 Å². The molecular formula is C25H27N3O5. The number of likely N-dealkylation sites (N-methyl/N-ethyl adjacent to an activating group) is 1. The molecule has 0 bridgehead atoms.